The average Bonchev–Trinajstić information content (AvgIpc) is 2.83. The molecule has 1 N–H and O–H groups in total. The van der Waals surface area contributed by atoms with Gasteiger partial charge in [0, 0.05) is 13.1 Å². The van der Waals surface area contributed by atoms with Gasteiger partial charge in [0.2, 0.25) is 21.7 Å². The summed E-state index contributed by atoms with van der Waals surface area (Å²) in [5.41, 5.74) is 0.789. The van der Waals surface area contributed by atoms with Gasteiger partial charge in [0.15, 0.2) is 11.5 Å². The van der Waals surface area contributed by atoms with Crippen LogP contribution in [0.15, 0.2) is 47.4 Å². The van der Waals surface area contributed by atoms with Gasteiger partial charge >= 0.3 is 0 Å². The molecule has 3 rings (SSSR count). The maximum atomic E-state index is 13.0. The van der Waals surface area contributed by atoms with Crippen LogP contribution in [-0.2, 0) is 14.8 Å². The highest BCUT2D eigenvalue weighted by Gasteiger charge is 2.33. The molecular weight excluding hydrogens is 432 g/mol. The summed E-state index contributed by atoms with van der Waals surface area (Å²) in [5, 5.41) is 3.01. The van der Waals surface area contributed by atoms with Crippen molar-refractivity contribution in [1.82, 2.24) is 9.62 Å². The van der Waals surface area contributed by atoms with Gasteiger partial charge in [-0.3, -0.25) is 4.79 Å². The van der Waals surface area contributed by atoms with E-state index in [1.165, 1.54) is 25.6 Å². The highest BCUT2D eigenvalue weighted by molar-refractivity contribution is 7.89. The van der Waals surface area contributed by atoms with E-state index in [0.29, 0.717) is 36.6 Å². The Morgan fingerprint density at radius 3 is 2.25 bits per heavy atom. The van der Waals surface area contributed by atoms with Crippen LogP contribution in [0.25, 0.3) is 0 Å². The molecule has 174 valence electrons. The van der Waals surface area contributed by atoms with Crippen LogP contribution < -0.4 is 19.5 Å². The fraction of sp³-hybridized carbons (Fsp3) is 0.435. The van der Waals surface area contributed by atoms with Crippen molar-refractivity contribution in [2.45, 2.75) is 30.7 Å². The Morgan fingerprint density at radius 1 is 1.06 bits per heavy atom. The maximum absolute atomic E-state index is 13.0. The van der Waals surface area contributed by atoms with Crippen LogP contribution in [0.5, 0.6) is 17.2 Å². The summed E-state index contributed by atoms with van der Waals surface area (Å²) in [6.45, 7) is 2.42. The van der Waals surface area contributed by atoms with E-state index >= 15 is 0 Å². The van der Waals surface area contributed by atoms with Gasteiger partial charge in [0.25, 0.3) is 0 Å². The number of ether oxygens (including phenoxy) is 3. The third-order valence-corrected chi connectivity index (χ3v) is 7.56. The van der Waals surface area contributed by atoms with Crippen molar-refractivity contribution in [3.05, 3.63) is 48.0 Å². The molecule has 32 heavy (non-hydrogen) atoms. The second kappa shape index (κ2) is 10.2. The zero-order valence-electron chi connectivity index (χ0n) is 18.8. The monoisotopic (exact) mass is 462 g/mol. The molecule has 2 atom stereocenters. The van der Waals surface area contributed by atoms with Crippen molar-refractivity contribution in [3.8, 4) is 17.2 Å². The SMILES string of the molecule is COc1cc(C(C)NC(=O)C2CCCN(S(=O)(=O)c3ccccc3)C2)cc(OC)c1OC. The number of methoxy groups -OCH3 is 3. The van der Waals surface area contributed by atoms with E-state index in [2.05, 4.69) is 5.32 Å². The lowest BCUT2D eigenvalue weighted by molar-refractivity contribution is -0.126. The second-order valence-corrected chi connectivity index (χ2v) is 9.64. The number of carbonyl (C=O) groups is 1. The van der Waals surface area contributed by atoms with Crippen molar-refractivity contribution in [2.75, 3.05) is 34.4 Å². The van der Waals surface area contributed by atoms with E-state index in [1.54, 1.807) is 42.5 Å². The lowest BCUT2D eigenvalue weighted by Crippen LogP contribution is -2.45. The van der Waals surface area contributed by atoms with Gasteiger partial charge in [-0.25, -0.2) is 8.42 Å². The zero-order valence-corrected chi connectivity index (χ0v) is 19.6. The highest BCUT2D eigenvalue weighted by Crippen LogP contribution is 2.39. The Labute approximate surface area is 189 Å². The lowest BCUT2D eigenvalue weighted by Gasteiger charge is -2.32. The number of hydrogen-bond acceptors (Lipinski definition) is 6. The molecule has 8 nitrogen and oxygen atoms in total. The Morgan fingerprint density at radius 2 is 1.69 bits per heavy atom. The van der Waals surface area contributed by atoms with Crippen LogP contribution >= 0.6 is 0 Å². The maximum Gasteiger partial charge on any atom is 0.243 e. The van der Waals surface area contributed by atoms with E-state index in [1.807, 2.05) is 6.92 Å². The topological polar surface area (TPSA) is 94.2 Å². The number of benzene rings is 2. The van der Waals surface area contributed by atoms with Crippen LogP contribution in [0.1, 0.15) is 31.4 Å². The van der Waals surface area contributed by atoms with Gasteiger partial charge in [-0.05, 0) is 49.6 Å². The normalized spacial score (nSPS) is 17.9. The first-order valence-electron chi connectivity index (χ1n) is 10.5. The van der Waals surface area contributed by atoms with Gasteiger partial charge in [-0.2, -0.15) is 4.31 Å². The van der Waals surface area contributed by atoms with E-state index in [0.717, 1.165) is 5.56 Å². The number of rotatable bonds is 8. The van der Waals surface area contributed by atoms with Crippen molar-refractivity contribution in [2.24, 2.45) is 5.92 Å². The van der Waals surface area contributed by atoms with Crippen LogP contribution in [0.2, 0.25) is 0 Å². The van der Waals surface area contributed by atoms with E-state index in [4.69, 9.17) is 14.2 Å². The molecule has 2 aromatic rings. The van der Waals surface area contributed by atoms with Crippen molar-refractivity contribution in [1.29, 1.82) is 0 Å². The van der Waals surface area contributed by atoms with Crippen LogP contribution in [-0.4, -0.2) is 53.0 Å². The van der Waals surface area contributed by atoms with Gasteiger partial charge in [-0.15, -0.1) is 0 Å². The Bertz CT molecular complexity index is 1020. The Hall–Kier alpha value is -2.78. The van der Waals surface area contributed by atoms with Crippen molar-refractivity contribution >= 4 is 15.9 Å². The third-order valence-electron chi connectivity index (χ3n) is 5.68. The van der Waals surface area contributed by atoms with Gasteiger partial charge in [-0.1, -0.05) is 18.2 Å². The first kappa shape index (κ1) is 23.9. The summed E-state index contributed by atoms with van der Waals surface area (Å²) in [6, 6.07) is 11.6. The summed E-state index contributed by atoms with van der Waals surface area (Å²) in [7, 11) is 0.975. The number of nitrogens with zero attached hydrogens (tertiary/aromatic N) is 1. The number of sulfonamides is 1. The average molecular weight is 463 g/mol. The molecule has 1 aliphatic heterocycles. The number of nitrogens with one attached hydrogen (secondary N) is 1. The number of hydrogen-bond donors (Lipinski definition) is 1. The summed E-state index contributed by atoms with van der Waals surface area (Å²) < 4.78 is 43.4. The third kappa shape index (κ3) is 4.99. The zero-order chi connectivity index (χ0) is 23.3. The van der Waals surface area contributed by atoms with E-state index in [-0.39, 0.29) is 23.4 Å². The molecule has 1 fully saturated rings. The first-order chi connectivity index (χ1) is 15.3. The van der Waals surface area contributed by atoms with Gasteiger partial charge in [0.1, 0.15) is 0 Å². The van der Waals surface area contributed by atoms with Gasteiger partial charge < -0.3 is 19.5 Å². The molecule has 1 saturated heterocycles. The standard InChI is InChI=1S/C23H30N2O6S/c1-16(18-13-20(29-2)22(31-4)21(14-18)30-3)24-23(26)17-9-8-12-25(15-17)32(27,28)19-10-6-5-7-11-19/h5-7,10-11,13-14,16-17H,8-9,12,15H2,1-4H3,(H,24,26). The van der Waals surface area contributed by atoms with E-state index < -0.39 is 15.9 Å². The minimum atomic E-state index is -3.63. The molecule has 0 aliphatic carbocycles. The van der Waals surface area contributed by atoms with E-state index in [9.17, 15) is 13.2 Å². The van der Waals surface area contributed by atoms with Crippen LogP contribution in [0.3, 0.4) is 0 Å². The fourth-order valence-electron chi connectivity index (χ4n) is 3.88. The number of amides is 1. The molecule has 0 saturated carbocycles. The Balaban J connectivity index is 1.73. The molecule has 0 radical (unpaired) electrons. The summed E-state index contributed by atoms with van der Waals surface area (Å²) >= 11 is 0. The number of carbonyl (C=O) groups excluding carboxylic acids is 1. The molecule has 0 bridgehead atoms. The minimum absolute atomic E-state index is 0.158. The second-order valence-electron chi connectivity index (χ2n) is 7.70. The number of piperidine rings is 1. The largest absolute Gasteiger partial charge is 0.493 e. The van der Waals surface area contributed by atoms with Gasteiger partial charge in [0.05, 0.1) is 38.2 Å². The molecule has 2 unspecified atom stereocenters. The molecule has 1 aliphatic rings. The smallest absolute Gasteiger partial charge is 0.243 e. The highest BCUT2D eigenvalue weighted by atomic mass is 32.2. The summed E-state index contributed by atoms with van der Waals surface area (Å²) in [4.78, 5) is 13.2. The molecule has 1 heterocycles. The molecule has 9 heteroatoms. The lowest BCUT2D eigenvalue weighted by atomic mass is 9.97. The molecule has 2 aromatic carbocycles. The molecular formula is C23H30N2O6S. The summed E-state index contributed by atoms with van der Waals surface area (Å²) in [6.07, 6.45) is 1.26. The predicted octanol–water partition coefficient (Wildman–Crippen LogP) is 2.99. The van der Waals surface area contributed by atoms with Crippen LogP contribution in [0, 0.1) is 5.92 Å². The van der Waals surface area contributed by atoms with Crippen molar-refractivity contribution < 1.29 is 27.4 Å². The molecule has 0 aromatic heterocycles. The first-order valence-corrected chi connectivity index (χ1v) is 11.9. The fourth-order valence-corrected chi connectivity index (χ4v) is 5.43. The predicted molar refractivity (Wildman–Crippen MR) is 121 cm³/mol. The minimum Gasteiger partial charge on any atom is -0.493 e. The summed E-state index contributed by atoms with van der Waals surface area (Å²) in [5.74, 6) is 0.874. The Kier molecular flexibility index (Phi) is 7.63. The van der Waals surface area contributed by atoms with Crippen LogP contribution in [0.4, 0.5) is 0 Å². The van der Waals surface area contributed by atoms with Crippen molar-refractivity contribution in [3.63, 3.8) is 0 Å². The molecule has 0 spiro atoms. The molecule has 1 amide bonds. The quantitative estimate of drug-likeness (QED) is 0.648.